The largest absolute Gasteiger partial charge is 0.490 e. The first-order chi connectivity index (χ1) is 21.2. The molecule has 0 saturated carbocycles. The fraction of sp³-hybridized carbons (Fsp3) is 0.485. The first kappa shape index (κ1) is 35.0. The van der Waals surface area contributed by atoms with E-state index >= 15 is 0 Å². The standard InChI is InChI=1S/C33H39NO11/c1-8-23-9-11-24(12-10-23)13-25-14-27(28(41-18(2)3)15-26(25)16-34)33(39)32(44-22(7)38)31(43-21(6)37)30(42-20(5)36)29(45-33)17-40-19(4)35/h9-12,14-15,18,29-32,39H,8,13,17H2,1-7H3/t29-,30-,31+,32-,33+/m1/s1. The average Bonchev–Trinajstić information content (AvgIpc) is 2.95. The summed E-state index contributed by atoms with van der Waals surface area (Å²) in [6.07, 6.45) is -5.64. The average molecular weight is 626 g/mol. The predicted octanol–water partition coefficient (Wildman–Crippen LogP) is 3.40. The number of rotatable bonds is 11. The van der Waals surface area contributed by atoms with Crippen molar-refractivity contribution in [3.8, 4) is 11.8 Å². The number of hydrogen-bond acceptors (Lipinski definition) is 12. The Hall–Kier alpha value is -4.47. The molecule has 1 aliphatic heterocycles. The van der Waals surface area contributed by atoms with E-state index in [-0.39, 0.29) is 23.3 Å². The summed E-state index contributed by atoms with van der Waals surface area (Å²) >= 11 is 0. The zero-order chi connectivity index (χ0) is 33.5. The number of carbonyl (C=O) groups excluding carboxylic acids is 4. The number of esters is 4. The van der Waals surface area contributed by atoms with E-state index in [1.807, 2.05) is 31.2 Å². The number of benzene rings is 2. The molecule has 1 fully saturated rings. The van der Waals surface area contributed by atoms with Gasteiger partial charge in [0.05, 0.1) is 23.3 Å². The van der Waals surface area contributed by atoms with Crippen LogP contribution in [-0.2, 0) is 61.5 Å². The summed E-state index contributed by atoms with van der Waals surface area (Å²) in [5.41, 5.74) is 2.68. The molecule has 0 radical (unpaired) electrons. The maximum Gasteiger partial charge on any atom is 0.303 e. The minimum absolute atomic E-state index is 0.0185. The first-order valence-corrected chi connectivity index (χ1v) is 14.6. The van der Waals surface area contributed by atoms with E-state index in [9.17, 15) is 29.5 Å². The first-order valence-electron chi connectivity index (χ1n) is 14.6. The third-order valence-corrected chi connectivity index (χ3v) is 6.95. The van der Waals surface area contributed by atoms with Gasteiger partial charge in [-0.15, -0.1) is 0 Å². The molecular weight excluding hydrogens is 586 g/mol. The number of hydrogen-bond donors (Lipinski definition) is 1. The van der Waals surface area contributed by atoms with Crippen LogP contribution in [0.15, 0.2) is 36.4 Å². The van der Waals surface area contributed by atoms with Crippen LogP contribution in [0.25, 0.3) is 0 Å². The van der Waals surface area contributed by atoms with Crippen molar-refractivity contribution in [2.45, 2.75) is 97.6 Å². The summed E-state index contributed by atoms with van der Waals surface area (Å²) < 4.78 is 33.8. The minimum Gasteiger partial charge on any atom is -0.490 e. The SMILES string of the molecule is CCc1ccc(Cc2cc([C@]3(O)O[C@H](COC(C)=O)[C@@H](OC(C)=O)[C@H](OC(C)=O)[C@H]3OC(C)=O)c(OC(C)C)cc2C#N)cc1. The molecule has 2 aromatic rings. The molecular formula is C33H39NO11. The second kappa shape index (κ2) is 15.0. The van der Waals surface area contributed by atoms with Gasteiger partial charge >= 0.3 is 23.9 Å². The van der Waals surface area contributed by atoms with Gasteiger partial charge in [0.2, 0.25) is 11.9 Å². The summed E-state index contributed by atoms with van der Waals surface area (Å²) in [4.78, 5) is 48.7. The highest BCUT2D eigenvalue weighted by molar-refractivity contribution is 5.69. The van der Waals surface area contributed by atoms with Crippen LogP contribution < -0.4 is 4.74 Å². The molecule has 45 heavy (non-hydrogen) atoms. The Balaban J connectivity index is 2.31. The second-order valence-electron chi connectivity index (χ2n) is 11.0. The molecule has 12 nitrogen and oxygen atoms in total. The van der Waals surface area contributed by atoms with Gasteiger partial charge in [-0.25, -0.2) is 0 Å². The van der Waals surface area contributed by atoms with Crippen molar-refractivity contribution >= 4 is 23.9 Å². The van der Waals surface area contributed by atoms with Crippen LogP contribution in [0, 0.1) is 11.3 Å². The molecule has 0 amide bonds. The van der Waals surface area contributed by atoms with E-state index in [0.29, 0.717) is 5.56 Å². The van der Waals surface area contributed by atoms with Gasteiger partial charge in [0.1, 0.15) is 18.5 Å². The zero-order valence-electron chi connectivity index (χ0n) is 26.4. The van der Waals surface area contributed by atoms with E-state index in [0.717, 1.165) is 45.2 Å². The summed E-state index contributed by atoms with van der Waals surface area (Å²) in [6.45, 7) is 9.38. The maximum atomic E-state index is 12.5. The molecule has 0 bridgehead atoms. The lowest BCUT2D eigenvalue weighted by Crippen LogP contribution is -2.66. The van der Waals surface area contributed by atoms with Crippen LogP contribution in [0.5, 0.6) is 5.75 Å². The molecule has 242 valence electrons. The van der Waals surface area contributed by atoms with Gasteiger partial charge in [-0.2, -0.15) is 5.26 Å². The van der Waals surface area contributed by atoms with Crippen LogP contribution in [0.4, 0.5) is 0 Å². The predicted molar refractivity (Wildman–Crippen MR) is 158 cm³/mol. The number of nitrogens with zero attached hydrogens (tertiary/aromatic N) is 1. The van der Waals surface area contributed by atoms with E-state index in [4.69, 9.17) is 28.4 Å². The zero-order valence-corrected chi connectivity index (χ0v) is 26.4. The minimum atomic E-state index is -2.63. The van der Waals surface area contributed by atoms with Crippen molar-refractivity contribution in [1.82, 2.24) is 0 Å². The van der Waals surface area contributed by atoms with Crippen molar-refractivity contribution in [1.29, 1.82) is 5.26 Å². The number of ether oxygens (including phenoxy) is 6. The Morgan fingerprint density at radius 1 is 0.911 bits per heavy atom. The Morgan fingerprint density at radius 2 is 1.49 bits per heavy atom. The molecule has 0 aromatic heterocycles. The highest BCUT2D eigenvalue weighted by atomic mass is 16.7. The molecule has 0 aliphatic carbocycles. The van der Waals surface area contributed by atoms with Crippen molar-refractivity contribution < 1.29 is 52.7 Å². The van der Waals surface area contributed by atoms with Crippen LogP contribution in [0.3, 0.4) is 0 Å². The molecule has 12 heteroatoms. The van der Waals surface area contributed by atoms with E-state index < -0.39 is 66.8 Å². The molecule has 5 atom stereocenters. The summed E-state index contributed by atoms with van der Waals surface area (Å²) in [5.74, 6) is -5.85. The summed E-state index contributed by atoms with van der Waals surface area (Å²) in [5, 5.41) is 22.6. The number of carbonyl (C=O) groups is 4. The lowest BCUT2D eigenvalue weighted by Gasteiger charge is -2.49. The van der Waals surface area contributed by atoms with Gasteiger partial charge < -0.3 is 33.5 Å². The van der Waals surface area contributed by atoms with E-state index in [2.05, 4.69) is 6.07 Å². The smallest absolute Gasteiger partial charge is 0.303 e. The van der Waals surface area contributed by atoms with Gasteiger partial charge in [0.15, 0.2) is 12.2 Å². The highest BCUT2D eigenvalue weighted by Crippen LogP contribution is 2.45. The Kier molecular flexibility index (Phi) is 11.7. The van der Waals surface area contributed by atoms with Crippen LogP contribution in [-0.4, -0.2) is 66.1 Å². The van der Waals surface area contributed by atoms with Gasteiger partial charge in [-0.3, -0.25) is 19.2 Å². The lowest BCUT2D eigenvalue weighted by atomic mass is 9.85. The molecule has 3 rings (SSSR count). The molecule has 1 aliphatic rings. The maximum absolute atomic E-state index is 12.5. The van der Waals surface area contributed by atoms with Gasteiger partial charge in [-0.05, 0) is 55.5 Å². The Morgan fingerprint density at radius 3 is 2.00 bits per heavy atom. The monoisotopic (exact) mass is 625 g/mol. The van der Waals surface area contributed by atoms with Crippen LogP contribution in [0.2, 0.25) is 0 Å². The van der Waals surface area contributed by atoms with Crippen molar-refractivity contribution in [2.24, 2.45) is 0 Å². The second-order valence-corrected chi connectivity index (χ2v) is 11.0. The molecule has 1 N–H and O–H groups in total. The normalized spacial score (nSPS) is 22.6. The fourth-order valence-electron chi connectivity index (χ4n) is 5.12. The van der Waals surface area contributed by atoms with Crippen molar-refractivity contribution in [3.63, 3.8) is 0 Å². The quantitative estimate of drug-likeness (QED) is 0.286. The lowest BCUT2D eigenvalue weighted by molar-refractivity contribution is -0.360. The third-order valence-electron chi connectivity index (χ3n) is 6.95. The van der Waals surface area contributed by atoms with Crippen molar-refractivity contribution in [3.05, 3.63) is 64.2 Å². The van der Waals surface area contributed by atoms with Crippen LogP contribution >= 0.6 is 0 Å². The van der Waals surface area contributed by atoms with Gasteiger partial charge in [0.25, 0.3) is 0 Å². The summed E-state index contributed by atoms with van der Waals surface area (Å²) in [6, 6.07) is 12.9. The summed E-state index contributed by atoms with van der Waals surface area (Å²) in [7, 11) is 0. The Bertz CT molecular complexity index is 1450. The van der Waals surface area contributed by atoms with Gasteiger partial charge in [0, 0.05) is 27.7 Å². The molecule has 0 unspecified atom stereocenters. The molecule has 1 heterocycles. The fourth-order valence-corrected chi connectivity index (χ4v) is 5.12. The van der Waals surface area contributed by atoms with Crippen LogP contribution in [0.1, 0.15) is 76.3 Å². The van der Waals surface area contributed by atoms with Crippen molar-refractivity contribution in [2.75, 3.05) is 6.61 Å². The number of nitriles is 1. The highest BCUT2D eigenvalue weighted by Gasteiger charge is 2.61. The third kappa shape index (κ3) is 8.80. The van der Waals surface area contributed by atoms with Gasteiger partial charge in [-0.1, -0.05) is 31.2 Å². The number of aryl methyl sites for hydroxylation is 1. The van der Waals surface area contributed by atoms with E-state index in [1.165, 1.54) is 12.1 Å². The Labute approximate surface area is 262 Å². The molecule has 2 aromatic carbocycles. The van der Waals surface area contributed by atoms with E-state index in [1.54, 1.807) is 13.8 Å². The molecule has 1 saturated heterocycles. The topological polar surface area (TPSA) is 168 Å². The molecule has 0 spiro atoms. The number of aliphatic hydroxyl groups is 1.